The zero-order valence-electron chi connectivity index (χ0n) is 8.38. The zero-order valence-corrected chi connectivity index (χ0v) is 9.19. The summed E-state index contributed by atoms with van der Waals surface area (Å²) >= 11 is 1.43. The van der Waals surface area contributed by atoms with E-state index in [9.17, 15) is 0 Å². The van der Waals surface area contributed by atoms with Crippen molar-refractivity contribution in [2.75, 3.05) is 12.0 Å². The topological polar surface area (TPSA) is 82.5 Å². The van der Waals surface area contributed by atoms with Crippen molar-refractivity contribution in [3.05, 3.63) is 12.3 Å². The van der Waals surface area contributed by atoms with Gasteiger partial charge in [0.2, 0.25) is 5.95 Å². The molecular weight excluding hydrogens is 212 g/mol. The third kappa shape index (κ3) is 1.91. The van der Waals surface area contributed by atoms with Crippen molar-refractivity contribution < 1.29 is 0 Å². The summed E-state index contributed by atoms with van der Waals surface area (Å²) in [5.74, 6) is 0.775. The Morgan fingerprint density at radius 1 is 1.33 bits per heavy atom. The Morgan fingerprint density at radius 2 is 2.13 bits per heavy atom. The van der Waals surface area contributed by atoms with Gasteiger partial charge in [0.1, 0.15) is 5.69 Å². The van der Waals surface area contributed by atoms with E-state index in [-0.39, 0.29) is 5.95 Å². The molecule has 0 fully saturated rings. The van der Waals surface area contributed by atoms with Crippen molar-refractivity contribution >= 4 is 17.7 Å². The molecule has 0 saturated heterocycles. The maximum Gasteiger partial charge on any atom is 0.224 e. The molecule has 0 radical (unpaired) electrons. The number of nitrogens with two attached hydrogens (primary N) is 1. The van der Waals surface area contributed by atoms with Gasteiger partial charge >= 0.3 is 0 Å². The van der Waals surface area contributed by atoms with E-state index in [1.165, 1.54) is 11.8 Å². The highest BCUT2D eigenvalue weighted by molar-refractivity contribution is 7.98. The number of nitrogens with zero attached hydrogens (tertiary/aromatic N) is 5. The zero-order chi connectivity index (χ0) is 10.8. The Morgan fingerprint density at radius 3 is 2.73 bits per heavy atom. The molecule has 15 heavy (non-hydrogen) atoms. The van der Waals surface area contributed by atoms with Crippen LogP contribution in [0.3, 0.4) is 0 Å². The average Bonchev–Trinajstić information content (AvgIpc) is 2.63. The molecule has 0 aromatic carbocycles. The smallest absolute Gasteiger partial charge is 0.224 e. The lowest BCUT2D eigenvalue weighted by molar-refractivity contribution is 0.764. The summed E-state index contributed by atoms with van der Waals surface area (Å²) < 4.78 is 1.69. The summed E-state index contributed by atoms with van der Waals surface area (Å²) in [5.41, 5.74) is 6.40. The summed E-state index contributed by atoms with van der Waals surface area (Å²) in [6.45, 7) is 0. The van der Waals surface area contributed by atoms with E-state index in [0.717, 1.165) is 5.69 Å². The van der Waals surface area contributed by atoms with Crippen molar-refractivity contribution in [1.29, 1.82) is 0 Å². The molecule has 2 rings (SSSR count). The first-order chi connectivity index (χ1) is 7.20. The van der Waals surface area contributed by atoms with E-state index in [0.29, 0.717) is 11.0 Å². The number of rotatable bonds is 2. The fourth-order valence-electron chi connectivity index (χ4n) is 1.17. The Kier molecular flexibility index (Phi) is 2.55. The fraction of sp³-hybridized carbons (Fsp3) is 0.250. The lowest BCUT2D eigenvalue weighted by Gasteiger charge is -2.02. The summed E-state index contributed by atoms with van der Waals surface area (Å²) in [7, 11) is 1.83. The van der Waals surface area contributed by atoms with Crippen molar-refractivity contribution in [3.8, 4) is 11.5 Å². The highest BCUT2D eigenvalue weighted by Crippen LogP contribution is 2.17. The van der Waals surface area contributed by atoms with Crippen LogP contribution >= 0.6 is 11.8 Å². The number of anilines is 1. The molecule has 2 aromatic rings. The van der Waals surface area contributed by atoms with Crippen LogP contribution in [0.5, 0.6) is 0 Å². The summed E-state index contributed by atoms with van der Waals surface area (Å²) in [5, 5.41) is 4.66. The number of hydrogen-bond acceptors (Lipinski definition) is 6. The molecule has 0 aliphatic rings. The first-order valence-electron chi connectivity index (χ1n) is 4.24. The SMILES string of the molecule is CSc1nc(N)nc(-c2ccnn2C)n1. The van der Waals surface area contributed by atoms with Gasteiger partial charge < -0.3 is 5.73 Å². The van der Waals surface area contributed by atoms with E-state index >= 15 is 0 Å². The Hall–Kier alpha value is -1.63. The van der Waals surface area contributed by atoms with Crippen LogP contribution in [0, 0.1) is 0 Å². The Balaban J connectivity index is 2.53. The van der Waals surface area contributed by atoms with Crippen LogP contribution in [0.4, 0.5) is 5.95 Å². The third-order valence-corrected chi connectivity index (χ3v) is 2.41. The molecule has 0 saturated carbocycles. The second-order valence-electron chi connectivity index (χ2n) is 2.84. The van der Waals surface area contributed by atoms with E-state index in [2.05, 4.69) is 20.1 Å². The highest BCUT2D eigenvalue weighted by Gasteiger charge is 2.09. The standard InChI is InChI=1S/C8H10N6S/c1-14-5(3-4-10-14)6-11-7(9)13-8(12-6)15-2/h3-4H,1-2H3,(H2,9,11,12,13). The normalized spacial score (nSPS) is 10.5. The molecule has 0 bridgehead atoms. The van der Waals surface area contributed by atoms with Crippen LogP contribution in [0.2, 0.25) is 0 Å². The third-order valence-electron chi connectivity index (χ3n) is 1.86. The molecule has 7 heteroatoms. The van der Waals surface area contributed by atoms with Gasteiger partial charge in [-0.1, -0.05) is 11.8 Å². The predicted octanol–water partition coefficient (Wildman–Crippen LogP) is 0.576. The maximum absolute atomic E-state index is 5.59. The number of aromatic nitrogens is 5. The monoisotopic (exact) mass is 222 g/mol. The number of thioether (sulfide) groups is 1. The molecule has 6 nitrogen and oxygen atoms in total. The lowest BCUT2D eigenvalue weighted by Crippen LogP contribution is -2.04. The molecule has 0 amide bonds. The van der Waals surface area contributed by atoms with E-state index in [1.54, 1.807) is 10.9 Å². The van der Waals surface area contributed by atoms with Crippen LogP contribution in [-0.4, -0.2) is 31.0 Å². The van der Waals surface area contributed by atoms with Crippen LogP contribution in [0.15, 0.2) is 17.4 Å². The van der Waals surface area contributed by atoms with Gasteiger partial charge in [0.25, 0.3) is 0 Å². The van der Waals surface area contributed by atoms with Crippen molar-refractivity contribution in [1.82, 2.24) is 24.7 Å². The highest BCUT2D eigenvalue weighted by atomic mass is 32.2. The molecular formula is C8H10N6S. The van der Waals surface area contributed by atoms with Crippen molar-refractivity contribution in [2.45, 2.75) is 5.16 Å². The minimum atomic E-state index is 0.227. The van der Waals surface area contributed by atoms with Crippen LogP contribution in [-0.2, 0) is 7.05 Å². The molecule has 0 unspecified atom stereocenters. The maximum atomic E-state index is 5.59. The second kappa shape index (κ2) is 3.85. The van der Waals surface area contributed by atoms with Gasteiger partial charge in [0.05, 0.1) is 0 Å². The van der Waals surface area contributed by atoms with Crippen LogP contribution in [0.25, 0.3) is 11.5 Å². The van der Waals surface area contributed by atoms with Crippen LogP contribution < -0.4 is 5.73 Å². The quantitative estimate of drug-likeness (QED) is 0.748. The first-order valence-corrected chi connectivity index (χ1v) is 5.47. The Bertz CT molecular complexity index is 480. The van der Waals surface area contributed by atoms with E-state index in [4.69, 9.17) is 5.73 Å². The van der Waals surface area contributed by atoms with Crippen molar-refractivity contribution in [2.24, 2.45) is 7.05 Å². The summed E-state index contributed by atoms with van der Waals surface area (Å²) in [6.07, 6.45) is 3.58. The van der Waals surface area contributed by atoms with Crippen LogP contribution in [0.1, 0.15) is 0 Å². The fourth-order valence-corrected chi connectivity index (χ4v) is 1.53. The summed E-state index contributed by atoms with van der Waals surface area (Å²) in [6, 6.07) is 1.83. The number of nitrogen functional groups attached to an aromatic ring is 1. The number of hydrogen-bond donors (Lipinski definition) is 1. The average molecular weight is 222 g/mol. The van der Waals surface area contributed by atoms with Gasteiger partial charge in [-0.2, -0.15) is 15.1 Å². The molecule has 2 aromatic heterocycles. The van der Waals surface area contributed by atoms with Gasteiger partial charge in [-0.25, -0.2) is 4.98 Å². The molecule has 78 valence electrons. The van der Waals surface area contributed by atoms with Gasteiger partial charge in [0.15, 0.2) is 11.0 Å². The van der Waals surface area contributed by atoms with Gasteiger partial charge in [0, 0.05) is 13.2 Å². The van der Waals surface area contributed by atoms with Crippen molar-refractivity contribution in [3.63, 3.8) is 0 Å². The molecule has 0 atom stereocenters. The summed E-state index contributed by atoms with van der Waals surface area (Å²) in [4.78, 5) is 12.3. The van der Waals surface area contributed by atoms with E-state index in [1.807, 2.05) is 19.4 Å². The molecule has 0 aliphatic carbocycles. The van der Waals surface area contributed by atoms with Gasteiger partial charge in [-0.15, -0.1) is 0 Å². The minimum Gasteiger partial charge on any atom is -0.368 e. The second-order valence-corrected chi connectivity index (χ2v) is 3.62. The Labute approximate surface area is 90.9 Å². The minimum absolute atomic E-state index is 0.227. The molecule has 2 N–H and O–H groups in total. The molecule has 0 aliphatic heterocycles. The van der Waals surface area contributed by atoms with Gasteiger partial charge in [-0.05, 0) is 12.3 Å². The number of aryl methyl sites for hydroxylation is 1. The largest absolute Gasteiger partial charge is 0.368 e. The first kappa shape index (κ1) is 9.91. The van der Waals surface area contributed by atoms with E-state index < -0.39 is 0 Å². The molecule has 2 heterocycles. The predicted molar refractivity (Wildman–Crippen MR) is 58.2 cm³/mol. The molecule has 0 spiro atoms. The lowest BCUT2D eigenvalue weighted by atomic mass is 10.4. The van der Waals surface area contributed by atoms with Gasteiger partial charge in [-0.3, -0.25) is 4.68 Å².